The van der Waals surface area contributed by atoms with Gasteiger partial charge in [0.2, 0.25) is 5.78 Å². The first kappa shape index (κ1) is 13.7. The molecule has 0 amide bonds. The third-order valence-electron chi connectivity index (χ3n) is 4.83. The van der Waals surface area contributed by atoms with Crippen LogP contribution in [0.3, 0.4) is 0 Å². The van der Waals surface area contributed by atoms with Crippen molar-refractivity contribution in [3.8, 4) is 11.1 Å². The van der Waals surface area contributed by atoms with Gasteiger partial charge in [-0.15, -0.1) is 0 Å². The van der Waals surface area contributed by atoms with Crippen LogP contribution in [0.1, 0.15) is 22.3 Å². The van der Waals surface area contributed by atoms with E-state index in [-0.39, 0.29) is 5.78 Å². The molecule has 0 saturated carbocycles. The van der Waals surface area contributed by atoms with Crippen LogP contribution in [0.5, 0.6) is 0 Å². The summed E-state index contributed by atoms with van der Waals surface area (Å²) in [5, 5.41) is 0. The molecule has 3 aliphatic rings. The molecule has 0 N–H and O–H groups in total. The fourth-order valence-electron chi connectivity index (χ4n) is 3.76. The van der Waals surface area contributed by atoms with Gasteiger partial charge in [-0.2, -0.15) is 0 Å². The highest BCUT2D eigenvalue weighted by molar-refractivity contribution is 9.14. The molecule has 110 valence electrons. The molecule has 0 aromatic heterocycles. The second kappa shape index (κ2) is 4.65. The van der Waals surface area contributed by atoms with E-state index in [0.29, 0.717) is 4.48 Å². The van der Waals surface area contributed by atoms with Crippen molar-refractivity contribution in [1.82, 2.24) is 0 Å². The van der Waals surface area contributed by atoms with E-state index in [0.717, 1.165) is 27.6 Å². The lowest BCUT2D eigenvalue weighted by Crippen LogP contribution is -2.06. The van der Waals surface area contributed by atoms with E-state index in [1.807, 2.05) is 6.08 Å². The Labute approximate surface area is 150 Å². The fraction of sp³-hybridized carbons (Fsp3) is 0.0500. The van der Waals surface area contributed by atoms with E-state index in [2.05, 4.69) is 74.3 Å². The first-order valence-corrected chi connectivity index (χ1v) is 9.02. The number of allylic oxidation sites excluding steroid dienone is 5. The zero-order chi connectivity index (χ0) is 15.7. The van der Waals surface area contributed by atoms with E-state index in [1.165, 1.54) is 27.8 Å². The lowest BCUT2D eigenvalue weighted by Gasteiger charge is -2.13. The minimum absolute atomic E-state index is 0.0508. The van der Waals surface area contributed by atoms with Crippen LogP contribution in [0.4, 0.5) is 0 Å². The highest BCUT2D eigenvalue weighted by Gasteiger charge is 2.33. The van der Waals surface area contributed by atoms with E-state index in [9.17, 15) is 4.79 Å². The van der Waals surface area contributed by atoms with Crippen molar-refractivity contribution in [2.24, 2.45) is 0 Å². The average molecular weight is 426 g/mol. The van der Waals surface area contributed by atoms with Gasteiger partial charge in [-0.25, -0.2) is 0 Å². The third-order valence-corrected chi connectivity index (χ3v) is 6.77. The predicted octanol–water partition coefficient (Wildman–Crippen LogP) is 5.62. The highest BCUT2D eigenvalue weighted by atomic mass is 79.9. The first-order chi connectivity index (χ1) is 11.1. The molecule has 0 radical (unpaired) electrons. The van der Waals surface area contributed by atoms with Crippen LogP contribution in [0.25, 0.3) is 22.8 Å². The summed E-state index contributed by atoms with van der Waals surface area (Å²) >= 11 is 6.86. The monoisotopic (exact) mass is 424 g/mol. The molecule has 0 unspecified atom stereocenters. The molecule has 5 rings (SSSR count). The van der Waals surface area contributed by atoms with Crippen LogP contribution in [0.2, 0.25) is 0 Å². The lowest BCUT2D eigenvalue weighted by molar-refractivity contribution is -0.111. The number of carbonyl (C=O) groups is 1. The molecule has 3 aliphatic carbocycles. The van der Waals surface area contributed by atoms with Crippen molar-refractivity contribution < 1.29 is 4.79 Å². The SMILES string of the molecule is O=C1C2=Cc3c(ccc4c3Cc3ccccc3-4)C2=CC(Br)=C1Br. The maximum absolute atomic E-state index is 12.6. The number of halogens is 2. The van der Waals surface area contributed by atoms with Crippen LogP contribution < -0.4 is 0 Å². The zero-order valence-corrected chi connectivity index (χ0v) is 15.2. The molecule has 0 aliphatic heterocycles. The topological polar surface area (TPSA) is 17.1 Å². The van der Waals surface area contributed by atoms with E-state index in [4.69, 9.17) is 0 Å². The Kier molecular flexibility index (Phi) is 2.77. The molecule has 0 bridgehead atoms. The Morgan fingerprint density at radius 1 is 0.826 bits per heavy atom. The van der Waals surface area contributed by atoms with Gasteiger partial charge in [0.15, 0.2) is 0 Å². The van der Waals surface area contributed by atoms with Crippen molar-refractivity contribution >= 4 is 49.3 Å². The summed E-state index contributed by atoms with van der Waals surface area (Å²) in [6, 6.07) is 12.9. The van der Waals surface area contributed by atoms with Gasteiger partial charge in [-0.1, -0.05) is 36.4 Å². The zero-order valence-electron chi connectivity index (χ0n) is 12.0. The predicted molar refractivity (Wildman–Crippen MR) is 101 cm³/mol. The molecular formula is C20H10Br2O. The number of carbonyl (C=O) groups excluding carboxylic acids is 1. The molecule has 0 heterocycles. The number of benzene rings is 2. The average Bonchev–Trinajstić information content (AvgIpc) is 3.11. The van der Waals surface area contributed by atoms with Crippen molar-refractivity contribution in [2.45, 2.75) is 6.42 Å². The number of hydrogen-bond donors (Lipinski definition) is 0. The largest absolute Gasteiger partial charge is 0.288 e. The molecule has 2 aromatic rings. The molecule has 0 atom stereocenters. The molecule has 1 nitrogen and oxygen atoms in total. The highest BCUT2D eigenvalue weighted by Crippen LogP contribution is 2.48. The summed E-state index contributed by atoms with van der Waals surface area (Å²) in [4.78, 5) is 12.6. The standard InChI is InChI=1S/C20H10Br2O/c21-18-9-16-13-6-5-12-11-4-2-1-3-10(11)7-14(12)15(13)8-17(16)20(23)19(18)22/h1-6,8-9H,7H2. The summed E-state index contributed by atoms with van der Waals surface area (Å²) in [6.45, 7) is 0. The molecular weight excluding hydrogens is 416 g/mol. The summed E-state index contributed by atoms with van der Waals surface area (Å²) in [6.07, 6.45) is 5.04. The first-order valence-electron chi connectivity index (χ1n) is 7.43. The quantitative estimate of drug-likeness (QED) is 0.456. The second-order valence-corrected chi connectivity index (χ2v) is 7.64. The minimum atomic E-state index is 0.0508. The number of rotatable bonds is 0. The van der Waals surface area contributed by atoms with Gasteiger partial charge >= 0.3 is 0 Å². The Hall–Kier alpha value is -1.71. The summed E-state index contributed by atoms with van der Waals surface area (Å²) in [5.41, 5.74) is 9.51. The Morgan fingerprint density at radius 2 is 1.61 bits per heavy atom. The third kappa shape index (κ3) is 1.75. The van der Waals surface area contributed by atoms with E-state index < -0.39 is 0 Å². The van der Waals surface area contributed by atoms with E-state index >= 15 is 0 Å². The lowest BCUT2D eigenvalue weighted by atomic mass is 9.93. The maximum Gasteiger partial charge on any atom is 0.201 e. The molecule has 0 fully saturated rings. The van der Waals surface area contributed by atoms with Crippen molar-refractivity contribution in [3.05, 3.63) is 79.3 Å². The molecule has 23 heavy (non-hydrogen) atoms. The summed E-state index contributed by atoms with van der Waals surface area (Å²) < 4.78 is 1.41. The number of fused-ring (bicyclic) bond motifs is 7. The van der Waals surface area contributed by atoms with Crippen molar-refractivity contribution in [1.29, 1.82) is 0 Å². The van der Waals surface area contributed by atoms with Crippen LogP contribution >= 0.6 is 31.9 Å². The second-order valence-electron chi connectivity index (χ2n) is 5.99. The number of hydrogen-bond acceptors (Lipinski definition) is 1. The Bertz CT molecular complexity index is 1020. The smallest absolute Gasteiger partial charge is 0.201 e. The molecule has 0 saturated heterocycles. The Morgan fingerprint density at radius 3 is 2.48 bits per heavy atom. The van der Waals surface area contributed by atoms with Gasteiger partial charge in [0.05, 0.1) is 4.48 Å². The van der Waals surface area contributed by atoms with Crippen molar-refractivity contribution in [3.63, 3.8) is 0 Å². The fourth-order valence-corrected chi connectivity index (χ4v) is 4.50. The number of ketones is 1. The molecule has 3 heteroatoms. The van der Waals surface area contributed by atoms with Gasteiger partial charge in [0, 0.05) is 10.1 Å². The van der Waals surface area contributed by atoms with Crippen LogP contribution in [-0.4, -0.2) is 5.78 Å². The summed E-state index contributed by atoms with van der Waals surface area (Å²) in [7, 11) is 0. The normalized spacial score (nSPS) is 17.4. The van der Waals surface area contributed by atoms with Gasteiger partial charge in [0.1, 0.15) is 0 Å². The van der Waals surface area contributed by atoms with Gasteiger partial charge in [-0.05, 0) is 89.4 Å². The van der Waals surface area contributed by atoms with Crippen molar-refractivity contribution in [2.75, 3.05) is 0 Å². The molecule has 0 spiro atoms. The molecule has 2 aromatic carbocycles. The summed E-state index contributed by atoms with van der Waals surface area (Å²) in [5.74, 6) is 0.0508. The maximum atomic E-state index is 12.6. The number of Topliss-reactive ketones (excluding diaryl/α,β-unsaturated/α-hetero) is 1. The van der Waals surface area contributed by atoms with E-state index in [1.54, 1.807) is 0 Å². The van der Waals surface area contributed by atoms with Gasteiger partial charge in [0.25, 0.3) is 0 Å². The van der Waals surface area contributed by atoms with Crippen LogP contribution in [0.15, 0.2) is 57.0 Å². The van der Waals surface area contributed by atoms with Gasteiger partial charge < -0.3 is 0 Å². The minimum Gasteiger partial charge on any atom is -0.288 e. The van der Waals surface area contributed by atoms with Crippen LogP contribution in [-0.2, 0) is 11.2 Å². The Balaban J connectivity index is 1.76. The van der Waals surface area contributed by atoms with Crippen LogP contribution in [0, 0.1) is 0 Å². The van der Waals surface area contributed by atoms with Gasteiger partial charge in [-0.3, -0.25) is 4.79 Å².